The summed E-state index contributed by atoms with van der Waals surface area (Å²) >= 11 is 0. The van der Waals surface area contributed by atoms with Gasteiger partial charge in [0.15, 0.2) is 0 Å². The molecule has 19 heavy (non-hydrogen) atoms. The van der Waals surface area contributed by atoms with Crippen molar-refractivity contribution in [2.75, 3.05) is 19.6 Å². The van der Waals surface area contributed by atoms with Crippen molar-refractivity contribution in [3.8, 4) is 0 Å². The second-order valence-electron chi connectivity index (χ2n) is 5.60. The first-order valence-electron chi connectivity index (χ1n) is 7.03. The van der Waals surface area contributed by atoms with E-state index in [9.17, 15) is 4.79 Å². The highest BCUT2D eigenvalue weighted by molar-refractivity contribution is 5.90. The van der Waals surface area contributed by atoms with Gasteiger partial charge in [0, 0.05) is 13.0 Å². The molecule has 0 saturated carbocycles. The third kappa shape index (κ3) is 3.76. The summed E-state index contributed by atoms with van der Waals surface area (Å²) in [5, 5.41) is 13.1. The smallest absolute Gasteiger partial charge is 0.290 e. The molecule has 6 heteroatoms. The van der Waals surface area contributed by atoms with Crippen molar-refractivity contribution in [3.05, 3.63) is 11.6 Å². The molecule has 0 aliphatic carbocycles. The molecule has 1 fully saturated rings. The maximum absolute atomic E-state index is 12.0. The molecule has 1 saturated heterocycles. The number of H-pyrrole nitrogens is 1. The molecule has 0 aromatic carbocycles. The number of nitrogens with zero attached hydrogens (tertiary/aromatic N) is 2. The van der Waals surface area contributed by atoms with Crippen molar-refractivity contribution in [1.29, 1.82) is 0 Å². The lowest BCUT2D eigenvalue weighted by atomic mass is 9.81. The molecule has 0 atom stereocenters. The number of nitrogens with one attached hydrogen (secondary N) is 3. The van der Waals surface area contributed by atoms with Crippen LogP contribution >= 0.6 is 0 Å². The molecule has 0 spiro atoms. The van der Waals surface area contributed by atoms with Crippen molar-refractivity contribution >= 4 is 5.91 Å². The number of aromatic nitrogens is 3. The standard InChI is InChI=1S/C13H23N5O/c1-3-4-10-16-11(18-17-10)12(19)15-9-13(2)5-7-14-8-6-13/h14H,3-9H2,1-2H3,(H,15,19)(H,16,17,18). The molecule has 106 valence electrons. The Morgan fingerprint density at radius 2 is 2.16 bits per heavy atom. The van der Waals surface area contributed by atoms with Crippen molar-refractivity contribution < 1.29 is 4.79 Å². The summed E-state index contributed by atoms with van der Waals surface area (Å²) in [5.74, 6) is 0.847. The average Bonchev–Trinajstić information content (AvgIpc) is 2.86. The lowest BCUT2D eigenvalue weighted by Gasteiger charge is -2.33. The first-order valence-corrected chi connectivity index (χ1v) is 7.03. The number of rotatable bonds is 5. The van der Waals surface area contributed by atoms with Gasteiger partial charge in [-0.25, -0.2) is 4.98 Å². The van der Waals surface area contributed by atoms with Gasteiger partial charge in [0.1, 0.15) is 5.82 Å². The molecule has 0 radical (unpaired) electrons. The third-order valence-electron chi connectivity index (χ3n) is 3.71. The lowest BCUT2D eigenvalue weighted by Crippen LogP contribution is -2.43. The Morgan fingerprint density at radius 1 is 1.42 bits per heavy atom. The highest BCUT2D eigenvalue weighted by Crippen LogP contribution is 2.26. The number of hydrogen-bond acceptors (Lipinski definition) is 4. The van der Waals surface area contributed by atoms with E-state index in [-0.39, 0.29) is 17.1 Å². The molecule has 0 unspecified atom stereocenters. The Kier molecular flexibility index (Phi) is 4.52. The van der Waals surface area contributed by atoms with Crippen molar-refractivity contribution in [2.24, 2.45) is 5.41 Å². The topological polar surface area (TPSA) is 82.7 Å². The van der Waals surface area contributed by atoms with Gasteiger partial charge in [-0.1, -0.05) is 13.8 Å². The number of carbonyl (C=O) groups is 1. The van der Waals surface area contributed by atoms with Crippen molar-refractivity contribution in [2.45, 2.75) is 39.5 Å². The largest absolute Gasteiger partial charge is 0.349 e. The SMILES string of the molecule is CCCc1nc(C(=O)NCC2(C)CCNCC2)n[nH]1. The Labute approximate surface area is 113 Å². The molecule has 2 rings (SSSR count). The van der Waals surface area contributed by atoms with E-state index in [1.807, 2.05) is 0 Å². The minimum atomic E-state index is -0.182. The molecule has 3 N–H and O–H groups in total. The Balaban J connectivity index is 1.86. The molecule has 1 amide bonds. The van der Waals surface area contributed by atoms with Gasteiger partial charge in [0.2, 0.25) is 5.82 Å². The molecule has 1 aliphatic rings. The Bertz CT molecular complexity index is 422. The van der Waals surface area contributed by atoms with E-state index >= 15 is 0 Å². The van der Waals surface area contributed by atoms with Gasteiger partial charge in [-0.05, 0) is 37.8 Å². The van der Waals surface area contributed by atoms with Crippen molar-refractivity contribution in [1.82, 2.24) is 25.8 Å². The molecule has 1 aliphatic heterocycles. The average molecular weight is 265 g/mol. The minimum absolute atomic E-state index is 0.182. The normalized spacial score (nSPS) is 18.2. The first-order chi connectivity index (χ1) is 9.13. The van der Waals surface area contributed by atoms with Gasteiger partial charge in [0.05, 0.1) is 0 Å². The van der Waals surface area contributed by atoms with E-state index in [1.54, 1.807) is 0 Å². The predicted molar refractivity (Wildman–Crippen MR) is 72.9 cm³/mol. The molecular formula is C13H23N5O. The summed E-state index contributed by atoms with van der Waals surface area (Å²) in [6, 6.07) is 0. The molecule has 6 nitrogen and oxygen atoms in total. The van der Waals surface area contributed by atoms with E-state index in [0.29, 0.717) is 6.54 Å². The highest BCUT2D eigenvalue weighted by Gasteiger charge is 2.27. The lowest BCUT2D eigenvalue weighted by molar-refractivity contribution is 0.0912. The van der Waals surface area contributed by atoms with Crippen LogP contribution in [0.4, 0.5) is 0 Å². The minimum Gasteiger partial charge on any atom is -0.349 e. The van der Waals surface area contributed by atoms with Gasteiger partial charge in [0.25, 0.3) is 5.91 Å². The zero-order valence-electron chi connectivity index (χ0n) is 11.8. The summed E-state index contributed by atoms with van der Waals surface area (Å²) in [6.07, 6.45) is 3.98. The first kappa shape index (κ1) is 14.0. The summed E-state index contributed by atoms with van der Waals surface area (Å²) < 4.78 is 0. The fourth-order valence-electron chi connectivity index (χ4n) is 2.33. The number of aromatic amines is 1. The van der Waals surface area contributed by atoms with Crippen LogP contribution < -0.4 is 10.6 Å². The number of piperidine rings is 1. The van der Waals surface area contributed by atoms with Crippen LogP contribution in [0.3, 0.4) is 0 Å². The maximum atomic E-state index is 12.0. The fourth-order valence-corrected chi connectivity index (χ4v) is 2.33. The van der Waals surface area contributed by atoms with Gasteiger partial charge in [-0.3, -0.25) is 9.89 Å². The number of carbonyl (C=O) groups excluding carboxylic acids is 1. The molecule has 1 aromatic rings. The van der Waals surface area contributed by atoms with E-state index in [4.69, 9.17) is 0 Å². The van der Waals surface area contributed by atoms with E-state index < -0.39 is 0 Å². The van der Waals surface area contributed by atoms with E-state index in [0.717, 1.165) is 44.6 Å². The van der Waals surface area contributed by atoms with E-state index in [1.165, 1.54) is 0 Å². The third-order valence-corrected chi connectivity index (χ3v) is 3.71. The Morgan fingerprint density at radius 3 is 2.84 bits per heavy atom. The summed E-state index contributed by atoms with van der Waals surface area (Å²) in [6.45, 7) is 7.02. The number of hydrogen-bond donors (Lipinski definition) is 3. The number of aryl methyl sites for hydroxylation is 1. The second-order valence-corrected chi connectivity index (χ2v) is 5.60. The van der Waals surface area contributed by atoms with Crippen LogP contribution in [0.25, 0.3) is 0 Å². The molecular weight excluding hydrogens is 242 g/mol. The van der Waals surface area contributed by atoms with Crippen LogP contribution in [0.15, 0.2) is 0 Å². The zero-order chi connectivity index (χ0) is 13.7. The van der Waals surface area contributed by atoms with Crippen LogP contribution in [0, 0.1) is 5.41 Å². The van der Waals surface area contributed by atoms with Crippen LogP contribution in [0.1, 0.15) is 49.6 Å². The highest BCUT2D eigenvalue weighted by atomic mass is 16.2. The zero-order valence-corrected chi connectivity index (χ0v) is 11.8. The van der Waals surface area contributed by atoms with E-state index in [2.05, 4.69) is 39.7 Å². The van der Waals surface area contributed by atoms with Gasteiger partial charge in [-0.15, -0.1) is 5.10 Å². The fraction of sp³-hybridized carbons (Fsp3) is 0.769. The molecule has 0 bridgehead atoms. The summed E-state index contributed by atoms with van der Waals surface area (Å²) in [5.41, 5.74) is 0.184. The van der Waals surface area contributed by atoms with Gasteiger partial charge >= 0.3 is 0 Å². The van der Waals surface area contributed by atoms with Crippen LogP contribution in [0.2, 0.25) is 0 Å². The van der Waals surface area contributed by atoms with Crippen LogP contribution in [0.5, 0.6) is 0 Å². The van der Waals surface area contributed by atoms with Crippen molar-refractivity contribution in [3.63, 3.8) is 0 Å². The van der Waals surface area contributed by atoms with Crippen LogP contribution in [-0.2, 0) is 6.42 Å². The summed E-state index contributed by atoms with van der Waals surface area (Å²) in [7, 11) is 0. The Hall–Kier alpha value is -1.43. The van der Waals surface area contributed by atoms with Crippen LogP contribution in [-0.4, -0.2) is 40.7 Å². The molecule has 2 heterocycles. The number of amides is 1. The summed E-state index contributed by atoms with van der Waals surface area (Å²) in [4.78, 5) is 16.2. The van der Waals surface area contributed by atoms with Gasteiger partial charge < -0.3 is 10.6 Å². The second kappa shape index (κ2) is 6.14. The quantitative estimate of drug-likeness (QED) is 0.738. The predicted octanol–water partition coefficient (Wildman–Crippen LogP) is 0.877. The monoisotopic (exact) mass is 265 g/mol. The molecule has 1 aromatic heterocycles. The maximum Gasteiger partial charge on any atom is 0.290 e. The van der Waals surface area contributed by atoms with Gasteiger partial charge in [-0.2, -0.15) is 0 Å².